The van der Waals surface area contributed by atoms with Crippen LogP contribution < -0.4 is 10.1 Å². The van der Waals surface area contributed by atoms with Gasteiger partial charge < -0.3 is 10.1 Å². The predicted octanol–water partition coefficient (Wildman–Crippen LogP) is 4.50. The van der Waals surface area contributed by atoms with Crippen LogP contribution in [0.1, 0.15) is 24.1 Å². The molecule has 3 aromatic carbocycles. The van der Waals surface area contributed by atoms with Crippen LogP contribution in [0.4, 0.5) is 4.39 Å². The number of carbonyl (C=O) groups is 1. The number of amides is 1. The van der Waals surface area contributed by atoms with Crippen molar-refractivity contribution in [1.29, 1.82) is 0 Å². The molecule has 3 aromatic rings. The van der Waals surface area contributed by atoms with E-state index in [0.29, 0.717) is 5.75 Å². The van der Waals surface area contributed by atoms with Gasteiger partial charge in [-0.1, -0.05) is 66.7 Å². The molecule has 0 radical (unpaired) electrons. The lowest BCUT2D eigenvalue weighted by Gasteiger charge is -2.22. The van der Waals surface area contributed by atoms with E-state index in [2.05, 4.69) is 5.32 Å². The molecule has 0 aliphatic carbocycles. The van der Waals surface area contributed by atoms with Crippen LogP contribution in [0.2, 0.25) is 0 Å². The second kappa shape index (κ2) is 8.30. The summed E-state index contributed by atoms with van der Waals surface area (Å²) in [5.74, 6) is -0.350. The van der Waals surface area contributed by atoms with E-state index >= 15 is 0 Å². The standard InChI is InChI=1S/C22H20FNO2/c1-16(26-20-14-8-13-19(23)15-20)22(25)24-21(17-9-4-2-5-10-17)18-11-6-3-7-12-18/h2-16,21H,1H3,(H,24,25). The third-order valence-corrected chi connectivity index (χ3v) is 4.03. The number of rotatable bonds is 6. The fourth-order valence-corrected chi connectivity index (χ4v) is 2.71. The normalized spacial score (nSPS) is 11.8. The Morgan fingerprint density at radius 2 is 1.46 bits per heavy atom. The van der Waals surface area contributed by atoms with E-state index < -0.39 is 11.9 Å². The molecule has 1 unspecified atom stereocenters. The Kier molecular flexibility index (Phi) is 5.64. The molecule has 3 rings (SSSR count). The van der Waals surface area contributed by atoms with E-state index in [0.717, 1.165) is 11.1 Å². The lowest BCUT2D eigenvalue weighted by molar-refractivity contribution is -0.127. The molecule has 0 bridgehead atoms. The van der Waals surface area contributed by atoms with E-state index in [9.17, 15) is 9.18 Å². The van der Waals surface area contributed by atoms with Crippen LogP contribution in [0.15, 0.2) is 84.9 Å². The van der Waals surface area contributed by atoms with Crippen LogP contribution in [0.3, 0.4) is 0 Å². The Balaban J connectivity index is 1.77. The Hall–Kier alpha value is -3.14. The van der Waals surface area contributed by atoms with E-state index in [4.69, 9.17) is 4.74 Å². The molecular weight excluding hydrogens is 329 g/mol. The van der Waals surface area contributed by atoms with Gasteiger partial charge in [0.05, 0.1) is 6.04 Å². The van der Waals surface area contributed by atoms with E-state index in [-0.39, 0.29) is 11.9 Å². The average molecular weight is 349 g/mol. The number of ether oxygens (including phenoxy) is 1. The first kappa shape index (κ1) is 17.7. The molecule has 0 fully saturated rings. The molecule has 0 aliphatic heterocycles. The minimum Gasteiger partial charge on any atom is -0.481 e. The molecular formula is C22H20FNO2. The zero-order valence-corrected chi connectivity index (χ0v) is 14.4. The average Bonchev–Trinajstić information content (AvgIpc) is 2.67. The van der Waals surface area contributed by atoms with Crippen LogP contribution in [0.25, 0.3) is 0 Å². The first-order valence-corrected chi connectivity index (χ1v) is 8.46. The summed E-state index contributed by atoms with van der Waals surface area (Å²) in [6.07, 6.45) is -0.758. The summed E-state index contributed by atoms with van der Waals surface area (Å²) in [6.45, 7) is 1.65. The van der Waals surface area contributed by atoms with E-state index in [1.165, 1.54) is 12.1 Å². The van der Waals surface area contributed by atoms with Gasteiger partial charge in [0.1, 0.15) is 11.6 Å². The monoisotopic (exact) mass is 349 g/mol. The first-order valence-electron chi connectivity index (χ1n) is 8.46. The van der Waals surface area contributed by atoms with Gasteiger partial charge in [-0.15, -0.1) is 0 Å². The zero-order chi connectivity index (χ0) is 18.4. The second-order valence-corrected chi connectivity index (χ2v) is 5.98. The van der Waals surface area contributed by atoms with Gasteiger partial charge in [-0.05, 0) is 30.2 Å². The molecule has 0 saturated heterocycles. The van der Waals surface area contributed by atoms with Gasteiger partial charge in [-0.25, -0.2) is 4.39 Å². The summed E-state index contributed by atoms with van der Waals surface area (Å²) >= 11 is 0. The van der Waals surface area contributed by atoms with Gasteiger partial charge in [0.15, 0.2) is 6.10 Å². The fraction of sp³-hybridized carbons (Fsp3) is 0.136. The molecule has 1 amide bonds. The van der Waals surface area contributed by atoms with Crippen molar-refractivity contribution >= 4 is 5.91 Å². The minimum absolute atomic E-state index is 0.271. The summed E-state index contributed by atoms with van der Waals surface area (Å²) in [5, 5.41) is 3.03. The van der Waals surface area contributed by atoms with Crippen molar-refractivity contribution in [3.8, 4) is 5.75 Å². The summed E-state index contributed by atoms with van der Waals surface area (Å²) in [5.41, 5.74) is 1.95. The predicted molar refractivity (Wildman–Crippen MR) is 99.4 cm³/mol. The number of halogens is 1. The molecule has 1 N–H and O–H groups in total. The Morgan fingerprint density at radius 3 is 2.00 bits per heavy atom. The second-order valence-electron chi connectivity index (χ2n) is 5.98. The minimum atomic E-state index is -0.758. The zero-order valence-electron chi connectivity index (χ0n) is 14.4. The highest BCUT2D eigenvalue weighted by Crippen LogP contribution is 2.22. The quantitative estimate of drug-likeness (QED) is 0.712. The number of hydrogen-bond donors (Lipinski definition) is 1. The molecule has 132 valence electrons. The van der Waals surface area contributed by atoms with Gasteiger partial charge in [-0.3, -0.25) is 4.79 Å². The Labute approximate surface area is 152 Å². The topological polar surface area (TPSA) is 38.3 Å². The molecule has 0 aliphatic rings. The largest absolute Gasteiger partial charge is 0.481 e. The van der Waals surface area contributed by atoms with Gasteiger partial charge in [-0.2, -0.15) is 0 Å². The van der Waals surface area contributed by atoms with Crippen molar-refractivity contribution in [2.75, 3.05) is 0 Å². The van der Waals surface area contributed by atoms with Crippen LogP contribution in [0, 0.1) is 5.82 Å². The summed E-state index contributed by atoms with van der Waals surface area (Å²) < 4.78 is 18.9. The Bertz CT molecular complexity index is 813. The molecule has 1 atom stereocenters. The molecule has 4 heteroatoms. The first-order chi connectivity index (χ1) is 12.6. The third kappa shape index (κ3) is 4.48. The number of hydrogen-bond acceptors (Lipinski definition) is 2. The van der Waals surface area contributed by atoms with Crippen LogP contribution in [0.5, 0.6) is 5.75 Å². The van der Waals surface area contributed by atoms with Crippen LogP contribution >= 0.6 is 0 Å². The van der Waals surface area contributed by atoms with Crippen molar-refractivity contribution < 1.29 is 13.9 Å². The van der Waals surface area contributed by atoms with E-state index in [1.54, 1.807) is 19.1 Å². The highest BCUT2D eigenvalue weighted by molar-refractivity contribution is 5.81. The van der Waals surface area contributed by atoms with Crippen molar-refractivity contribution in [3.63, 3.8) is 0 Å². The van der Waals surface area contributed by atoms with Crippen LogP contribution in [-0.4, -0.2) is 12.0 Å². The molecule has 0 spiro atoms. The SMILES string of the molecule is CC(Oc1cccc(F)c1)C(=O)NC(c1ccccc1)c1ccccc1. The van der Waals surface area contributed by atoms with Gasteiger partial charge in [0.2, 0.25) is 0 Å². The smallest absolute Gasteiger partial charge is 0.261 e. The summed E-state index contributed by atoms with van der Waals surface area (Å²) in [6, 6.07) is 25.0. The molecule has 3 nitrogen and oxygen atoms in total. The van der Waals surface area contributed by atoms with Gasteiger partial charge >= 0.3 is 0 Å². The maximum absolute atomic E-state index is 13.3. The number of carbonyl (C=O) groups excluding carboxylic acids is 1. The third-order valence-electron chi connectivity index (χ3n) is 4.03. The van der Waals surface area contributed by atoms with Crippen molar-refractivity contribution in [2.24, 2.45) is 0 Å². The molecule has 0 heterocycles. The highest BCUT2D eigenvalue weighted by Gasteiger charge is 2.21. The fourth-order valence-electron chi connectivity index (χ4n) is 2.71. The summed E-state index contributed by atoms with van der Waals surface area (Å²) in [7, 11) is 0. The van der Waals surface area contributed by atoms with Crippen molar-refractivity contribution in [1.82, 2.24) is 5.32 Å². The van der Waals surface area contributed by atoms with Crippen molar-refractivity contribution in [2.45, 2.75) is 19.1 Å². The number of nitrogens with one attached hydrogen (secondary N) is 1. The highest BCUT2D eigenvalue weighted by atomic mass is 19.1. The lowest BCUT2D eigenvalue weighted by Crippen LogP contribution is -2.39. The van der Waals surface area contributed by atoms with Gasteiger partial charge in [0.25, 0.3) is 5.91 Å². The molecule has 0 aromatic heterocycles. The lowest BCUT2D eigenvalue weighted by atomic mass is 9.98. The molecule has 26 heavy (non-hydrogen) atoms. The maximum Gasteiger partial charge on any atom is 0.261 e. The van der Waals surface area contributed by atoms with Crippen LogP contribution in [-0.2, 0) is 4.79 Å². The Morgan fingerprint density at radius 1 is 0.885 bits per heavy atom. The maximum atomic E-state index is 13.3. The molecule has 0 saturated carbocycles. The summed E-state index contributed by atoms with van der Waals surface area (Å²) in [4.78, 5) is 12.7. The van der Waals surface area contributed by atoms with Crippen molar-refractivity contribution in [3.05, 3.63) is 102 Å². The van der Waals surface area contributed by atoms with Gasteiger partial charge in [0, 0.05) is 6.07 Å². The number of benzene rings is 3. The van der Waals surface area contributed by atoms with E-state index in [1.807, 2.05) is 60.7 Å².